The Morgan fingerprint density at radius 1 is 1.05 bits per heavy atom. The van der Waals surface area contributed by atoms with E-state index in [9.17, 15) is 8.42 Å². The zero-order valence-corrected chi connectivity index (χ0v) is 15.2. The van der Waals surface area contributed by atoms with Crippen molar-refractivity contribution in [3.05, 3.63) is 29.8 Å². The molecular weight excluding hydrogens is 296 g/mol. The normalized spacial score (nSPS) is 14.7. The highest BCUT2D eigenvalue weighted by Gasteiger charge is 2.15. The van der Waals surface area contributed by atoms with Crippen LogP contribution in [-0.2, 0) is 14.3 Å². The first kappa shape index (κ1) is 19.2. The summed E-state index contributed by atoms with van der Waals surface area (Å²) in [6.45, 7) is 6.76. The van der Waals surface area contributed by atoms with Gasteiger partial charge in [-0.05, 0) is 42.4 Å². The van der Waals surface area contributed by atoms with Gasteiger partial charge in [0.1, 0.15) is 0 Å². The summed E-state index contributed by atoms with van der Waals surface area (Å²) in [4.78, 5) is 0.227. The Hall–Kier alpha value is -0.870. The highest BCUT2D eigenvalue weighted by molar-refractivity contribution is 7.86. The smallest absolute Gasteiger partial charge is 0.270 e. The van der Waals surface area contributed by atoms with Gasteiger partial charge in [0.25, 0.3) is 10.1 Å². The Labute approximate surface area is 136 Å². The molecule has 3 nitrogen and oxygen atoms in total. The number of hydrogen-bond donors (Lipinski definition) is 0. The summed E-state index contributed by atoms with van der Waals surface area (Å²) < 4.78 is 27.8. The summed E-state index contributed by atoms with van der Waals surface area (Å²) in [5, 5.41) is 0. The van der Waals surface area contributed by atoms with E-state index < -0.39 is 10.1 Å². The average molecular weight is 327 g/mol. The number of hydrogen-bond acceptors (Lipinski definition) is 3. The van der Waals surface area contributed by atoms with E-state index >= 15 is 0 Å². The van der Waals surface area contributed by atoms with E-state index in [1.54, 1.807) is 12.1 Å². The number of benzene rings is 1. The molecule has 0 fully saturated rings. The van der Waals surface area contributed by atoms with Crippen LogP contribution in [0, 0.1) is 5.92 Å². The first-order valence-electron chi connectivity index (χ1n) is 8.35. The molecule has 0 saturated heterocycles. The van der Waals surface area contributed by atoms with E-state index in [1.165, 1.54) is 44.8 Å². The Kier molecular flexibility index (Phi) is 8.12. The molecule has 0 radical (unpaired) electrons. The lowest BCUT2D eigenvalue weighted by Gasteiger charge is -2.17. The molecule has 0 amide bonds. The van der Waals surface area contributed by atoms with Crippen molar-refractivity contribution >= 4 is 10.1 Å². The standard InChI is InChI=1S/C18H30O3S/c1-5-8-15(3)9-7-10-16(6-2)17-11-13-18(14-12-17)22(19,20)21-4/h11-16H,5-10H2,1-4H3/t15-,16?/m0/s1. The zero-order chi connectivity index (χ0) is 16.6. The van der Waals surface area contributed by atoms with Gasteiger partial charge in [0.05, 0.1) is 12.0 Å². The largest absolute Gasteiger partial charge is 0.296 e. The minimum absolute atomic E-state index is 0.227. The van der Waals surface area contributed by atoms with E-state index in [0.29, 0.717) is 5.92 Å². The molecule has 0 N–H and O–H groups in total. The van der Waals surface area contributed by atoms with Gasteiger partial charge in [-0.2, -0.15) is 8.42 Å². The molecule has 1 rings (SSSR count). The van der Waals surface area contributed by atoms with Crippen LogP contribution in [0.2, 0.25) is 0 Å². The van der Waals surface area contributed by atoms with E-state index in [-0.39, 0.29) is 4.90 Å². The fraction of sp³-hybridized carbons (Fsp3) is 0.667. The van der Waals surface area contributed by atoms with Crippen molar-refractivity contribution in [3.8, 4) is 0 Å². The van der Waals surface area contributed by atoms with Crippen molar-refractivity contribution in [2.24, 2.45) is 5.92 Å². The lowest BCUT2D eigenvalue weighted by atomic mass is 9.89. The van der Waals surface area contributed by atoms with Crippen LogP contribution < -0.4 is 0 Å². The van der Waals surface area contributed by atoms with Crippen LogP contribution in [0.1, 0.15) is 70.8 Å². The molecule has 0 saturated carbocycles. The second kappa shape index (κ2) is 9.31. The van der Waals surface area contributed by atoms with Gasteiger partial charge in [0, 0.05) is 0 Å². The highest BCUT2D eigenvalue weighted by Crippen LogP contribution is 2.28. The van der Waals surface area contributed by atoms with Crippen molar-refractivity contribution < 1.29 is 12.6 Å². The zero-order valence-electron chi connectivity index (χ0n) is 14.3. The van der Waals surface area contributed by atoms with Gasteiger partial charge in [-0.15, -0.1) is 0 Å². The quantitative estimate of drug-likeness (QED) is 0.560. The van der Waals surface area contributed by atoms with Crippen LogP contribution in [0.3, 0.4) is 0 Å². The lowest BCUT2D eigenvalue weighted by Crippen LogP contribution is -2.04. The summed E-state index contributed by atoms with van der Waals surface area (Å²) in [5.41, 5.74) is 1.22. The molecule has 0 aliphatic rings. The molecule has 0 aromatic heterocycles. The minimum Gasteiger partial charge on any atom is -0.270 e. The predicted molar refractivity (Wildman–Crippen MR) is 91.6 cm³/mol. The summed E-state index contributed by atoms with van der Waals surface area (Å²) in [5.74, 6) is 1.31. The molecule has 0 aliphatic heterocycles. The van der Waals surface area contributed by atoms with Gasteiger partial charge in [-0.3, -0.25) is 4.18 Å². The average Bonchev–Trinajstić information content (AvgIpc) is 2.52. The van der Waals surface area contributed by atoms with Crippen LogP contribution in [0.5, 0.6) is 0 Å². The molecule has 0 heterocycles. The second-order valence-electron chi connectivity index (χ2n) is 6.12. The van der Waals surface area contributed by atoms with Crippen molar-refractivity contribution in [3.63, 3.8) is 0 Å². The van der Waals surface area contributed by atoms with Crippen LogP contribution in [-0.4, -0.2) is 15.5 Å². The molecule has 126 valence electrons. The maximum atomic E-state index is 11.6. The molecule has 1 aromatic carbocycles. The molecule has 0 aliphatic carbocycles. The Bertz CT molecular complexity index is 520. The Morgan fingerprint density at radius 2 is 1.68 bits per heavy atom. The third kappa shape index (κ3) is 5.73. The maximum absolute atomic E-state index is 11.6. The Morgan fingerprint density at radius 3 is 2.18 bits per heavy atom. The lowest BCUT2D eigenvalue weighted by molar-refractivity contribution is 0.397. The van der Waals surface area contributed by atoms with E-state index in [0.717, 1.165) is 12.3 Å². The van der Waals surface area contributed by atoms with E-state index in [2.05, 4.69) is 25.0 Å². The molecule has 0 bridgehead atoms. The molecule has 1 aromatic rings. The first-order valence-corrected chi connectivity index (χ1v) is 9.76. The van der Waals surface area contributed by atoms with Crippen molar-refractivity contribution in [1.29, 1.82) is 0 Å². The summed E-state index contributed by atoms with van der Waals surface area (Å²) in [6.07, 6.45) is 7.33. The third-order valence-electron chi connectivity index (χ3n) is 4.38. The van der Waals surface area contributed by atoms with Gasteiger partial charge in [0.2, 0.25) is 0 Å². The van der Waals surface area contributed by atoms with Gasteiger partial charge in [-0.25, -0.2) is 0 Å². The second-order valence-corrected chi connectivity index (χ2v) is 7.83. The molecule has 4 heteroatoms. The Balaban J connectivity index is 2.64. The number of rotatable bonds is 10. The van der Waals surface area contributed by atoms with Gasteiger partial charge < -0.3 is 0 Å². The topological polar surface area (TPSA) is 43.4 Å². The third-order valence-corrected chi connectivity index (χ3v) is 5.67. The monoisotopic (exact) mass is 326 g/mol. The molecular formula is C18H30O3S. The van der Waals surface area contributed by atoms with E-state index in [1.807, 2.05) is 12.1 Å². The fourth-order valence-corrected chi connectivity index (χ4v) is 3.62. The summed E-state index contributed by atoms with van der Waals surface area (Å²) >= 11 is 0. The molecule has 2 atom stereocenters. The van der Waals surface area contributed by atoms with Crippen LogP contribution in [0.25, 0.3) is 0 Å². The van der Waals surface area contributed by atoms with Crippen LogP contribution in [0.4, 0.5) is 0 Å². The first-order chi connectivity index (χ1) is 10.4. The molecule has 1 unspecified atom stereocenters. The SMILES string of the molecule is CCC[C@H](C)CCCC(CC)c1ccc(S(=O)(=O)OC)cc1. The maximum Gasteiger partial charge on any atom is 0.296 e. The highest BCUT2D eigenvalue weighted by atomic mass is 32.2. The minimum atomic E-state index is -3.58. The van der Waals surface area contributed by atoms with Crippen LogP contribution in [0.15, 0.2) is 29.2 Å². The van der Waals surface area contributed by atoms with E-state index in [4.69, 9.17) is 0 Å². The van der Waals surface area contributed by atoms with Gasteiger partial charge in [0.15, 0.2) is 0 Å². The summed E-state index contributed by atoms with van der Waals surface area (Å²) in [6, 6.07) is 7.15. The van der Waals surface area contributed by atoms with Crippen molar-refractivity contribution in [2.75, 3.05) is 7.11 Å². The van der Waals surface area contributed by atoms with Crippen LogP contribution >= 0.6 is 0 Å². The molecule has 0 spiro atoms. The summed E-state index contributed by atoms with van der Waals surface area (Å²) in [7, 11) is -2.39. The molecule has 22 heavy (non-hydrogen) atoms. The van der Waals surface area contributed by atoms with Crippen molar-refractivity contribution in [1.82, 2.24) is 0 Å². The predicted octanol–water partition coefficient (Wildman–Crippen LogP) is 5.12. The van der Waals surface area contributed by atoms with Gasteiger partial charge >= 0.3 is 0 Å². The van der Waals surface area contributed by atoms with Gasteiger partial charge in [-0.1, -0.05) is 58.6 Å². The van der Waals surface area contributed by atoms with Crippen molar-refractivity contribution in [2.45, 2.75) is 70.1 Å². The fourth-order valence-electron chi connectivity index (χ4n) is 2.96.